The van der Waals surface area contributed by atoms with Crippen LogP contribution in [0.1, 0.15) is 126 Å². The van der Waals surface area contributed by atoms with Crippen molar-refractivity contribution in [2.75, 3.05) is 0 Å². The number of carbonyl (C=O) groups is 5. The van der Waals surface area contributed by atoms with Crippen LogP contribution < -0.4 is 0 Å². The number of ketones is 5. The molecule has 1 N–H and O–H groups in total. The number of phenolic OH excluding ortho intramolecular Hbond substituents is 1. The Balaban J connectivity index is 0.902. The fraction of sp³-hybridized carbons (Fsp3) is 0.558. The van der Waals surface area contributed by atoms with Gasteiger partial charge in [0.2, 0.25) is 0 Å². The molecule has 14 nitrogen and oxygen atoms in total. The van der Waals surface area contributed by atoms with E-state index in [0.29, 0.717) is 30.4 Å². The lowest BCUT2D eigenvalue weighted by Crippen LogP contribution is -2.60. The van der Waals surface area contributed by atoms with E-state index in [1.165, 1.54) is 12.1 Å². The van der Waals surface area contributed by atoms with E-state index in [0.717, 1.165) is 0 Å². The number of ether oxygens (including phenoxy) is 8. The average Bonchev–Trinajstić information content (AvgIpc) is 3.15. The summed E-state index contributed by atoms with van der Waals surface area (Å²) in [5.41, 5.74) is 0.108. The Kier molecular flexibility index (Phi) is 9.72. The van der Waals surface area contributed by atoms with Crippen molar-refractivity contribution in [3.8, 4) is 5.75 Å². The van der Waals surface area contributed by atoms with Crippen LogP contribution >= 0.6 is 0 Å². The summed E-state index contributed by atoms with van der Waals surface area (Å²) in [5, 5.41) is 11.7. The molecule has 0 radical (unpaired) electrons. The fourth-order valence-electron chi connectivity index (χ4n) is 9.46. The molecule has 4 saturated heterocycles. The number of phenols is 1. The van der Waals surface area contributed by atoms with Gasteiger partial charge in [0, 0.05) is 59.9 Å². The first kappa shape index (κ1) is 38.5. The van der Waals surface area contributed by atoms with Gasteiger partial charge in [-0.2, -0.15) is 0 Å². The van der Waals surface area contributed by atoms with E-state index in [-0.39, 0.29) is 82.4 Å². The molecule has 0 amide bonds. The van der Waals surface area contributed by atoms with Gasteiger partial charge in [-0.15, -0.1) is 0 Å². The van der Waals surface area contributed by atoms with Crippen molar-refractivity contribution >= 4 is 28.9 Å². The molecule has 2 aromatic carbocycles. The van der Waals surface area contributed by atoms with Crippen LogP contribution in [0.2, 0.25) is 0 Å². The topological polar surface area (TPSA) is 179 Å². The van der Waals surface area contributed by atoms with Crippen LogP contribution in [0, 0.1) is 0 Å². The third-order valence-electron chi connectivity index (χ3n) is 12.4. The summed E-state index contributed by atoms with van der Waals surface area (Å²) in [6.45, 7) is 8.91. The Hall–Kier alpha value is -3.99. The summed E-state index contributed by atoms with van der Waals surface area (Å²) < 4.78 is 49.0. The summed E-state index contributed by atoms with van der Waals surface area (Å²) in [6.07, 6.45) is -1.61. The van der Waals surface area contributed by atoms with Crippen molar-refractivity contribution in [3.05, 3.63) is 75.4 Å². The van der Waals surface area contributed by atoms with E-state index in [4.69, 9.17) is 37.9 Å². The van der Waals surface area contributed by atoms with Crippen LogP contribution in [-0.4, -0.2) is 107 Å². The van der Waals surface area contributed by atoms with Gasteiger partial charge in [-0.05, 0) is 70.9 Å². The number of benzene rings is 2. The molecule has 7 aliphatic rings. The van der Waals surface area contributed by atoms with E-state index in [9.17, 15) is 29.1 Å². The molecule has 2 aliphatic carbocycles. The van der Waals surface area contributed by atoms with Crippen LogP contribution in [0.25, 0.3) is 0 Å². The minimum atomic E-state index is -0.948. The molecule has 9 rings (SSSR count). The SMILES string of the molecule is C[C@@H]1O[C@@H](O[C@H]2CC[C@H](O[C@@]3(C)CC(=O)c4c(ccc5c4C(=O)c4ccc([C@H]6C[C@H]7O[C@H]8CC(=O)[C@H](C)O[C@H]8O[C@@H]7[C@@H](C)O6)c(O)c4C5=O)C3)O[C@H]2C)C=CC1=O. The second-order valence-electron chi connectivity index (χ2n) is 16.6. The van der Waals surface area contributed by atoms with Crippen molar-refractivity contribution in [3.63, 3.8) is 0 Å². The number of hydrogen-bond donors (Lipinski definition) is 1. The molecular formula is C43H46O14. The molecule has 57 heavy (non-hydrogen) atoms. The van der Waals surface area contributed by atoms with Gasteiger partial charge in [0.15, 0.2) is 47.8 Å². The van der Waals surface area contributed by atoms with E-state index in [1.807, 2.05) is 20.8 Å². The summed E-state index contributed by atoms with van der Waals surface area (Å²) in [4.78, 5) is 66.5. The largest absolute Gasteiger partial charge is 0.507 e. The Morgan fingerprint density at radius 2 is 1.51 bits per heavy atom. The lowest BCUT2D eigenvalue weighted by molar-refractivity contribution is -0.347. The predicted molar refractivity (Wildman–Crippen MR) is 196 cm³/mol. The molecular weight excluding hydrogens is 740 g/mol. The van der Waals surface area contributed by atoms with Crippen LogP contribution in [0.15, 0.2) is 36.4 Å². The third-order valence-corrected chi connectivity index (χ3v) is 12.4. The number of Topliss-reactive ketones (excluding diaryl/α,β-unsaturated/α-hetero) is 2. The number of fused-ring (bicyclic) bond motifs is 6. The molecule has 0 spiro atoms. The zero-order valence-electron chi connectivity index (χ0n) is 32.4. The summed E-state index contributed by atoms with van der Waals surface area (Å²) in [7, 11) is 0. The highest BCUT2D eigenvalue weighted by Gasteiger charge is 2.51. The molecule has 14 heteroatoms. The number of hydrogen-bond acceptors (Lipinski definition) is 14. The number of carbonyl (C=O) groups excluding carboxylic acids is 5. The molecule has 0 unspecified atom stereocenters. The van der Waals surface area contributed by atoms with E-state index in [2.05, 4.69) is 0 Å². The Labute approximate surface area is 329 Å². The Morgan fingerprint density at radius 1 is 0.754 bits per heavy atom. The number of rotatable bonds is 5. The van der Waals surface area contributed by atoms with E-state index in [1.54, 1.807) is 38.1 Å². The van der Waals surface area contributed by atoms with Gasteiger partial charge in [-0.25, -0.2) is 0 Å². The molecule has 0 aromatic heterocycles. The van der Waals surface area contributed by atoms with Gasteiger partial charge < -0.3 is 43.0 Å². The summed E-state index contributed by atoms with van der Waals surface area (Å²) >= 11 is 0. The maximum atomic E-state index is 14.2. The molecule has 5 aliphatic heterocycles. The lowest BCUT2D eigenvalue weighted by Gasteiger charge is -2.49. The van der Waals surface area contributed by atoms with Gasteiger partial charge in [-0.1, -0.05) is 12.1 Å². The zero-order chi connectivity index (χ0) is 40.1. The van der Waals surface area contributed by atoms with Crippen molar-refractivity contribution < 1.29 is 67.0 Å². The standard InChI is InChI=1S/C43H46O14/c1-18-26(44)10-12-33(51-18)55-29-11-13-34(52-20(29)3)57-43(5)16-22-6-7-24-36(35(22)28(46)17-43)39(48)25-9-8-23(38(47)37(25)40(24)49)30-15-31-41(21(4)50-30)56-42-32(54-31)14-27(45)19(2)53-42/h6-10,12,18-21,29-34,41-42,47H,11,13-17H2,1-5H3/t18-,19-,20-,21+,29-,30+,31+,32-,33-,34-,41+,42-,43+/m0/s1. The molecule has 4 fully saturated rings. The van der Waals surface area contributed by atoms with Crippen LogP contribution in [0.5, 0.6) is 5.75 Å². The molecule has 13 atom stereocenters. The normalized spacial score (nSPS) is 38.9. The van der Waals surface area contributed by atoms with Crippen LogP contribution in [0.4, 0.5) is 0 Å². The van der Waals surface area contributed by atoms with Gasteiger partial charge in [-0.3, -0.25) is 24.0 Å². The smallest absolute Gasteiger partial charge is 0.198 e. The predicted octanol–water partition coefficient (Wildman–Crippen LogP) is 4.56. The van der Waals surface area contributed by atoms with Crippen LogP contribution in [-0.2, 0) is 53.9 Å². The Bertz CT molecular complexity index is 2090. The van der Waals surface area contributed by atoms with E-state index >= 15 is 0 Å². The fourth-order valence-corrected chi connectivity index (χ4v) is 9.46. The first-order chi connectivity index (χ1) is 27.2. The zero-order valence-corrected chi connectivity index (χ0v) is 32.4. The Morgan fingerprint density at radius 3 is 2.28 bits per heavy atom. The minimum Gasteiger partial charge on any atom is -0.507 e. The highest BCUT2D eigenvalue weighted by Crippen LogP contribution is 2.46. The van der Waals surface area contributed by atoms with Gasteiger partial charge >= 0.3 is 0 Å². The molecule has 302 valence electrons. The first-order valence-corrected chi connectivity index (χ1v) is 19.8. The van der Waals surface area contributed by atoms with Gasteiger partial charge in [0.25, 0.3) is 0 Å². The van der Waals surface area contributed by atoms with Crippen molar-refractivity contribution in [2.24, 2.45) is 0 Å². The summed E-state index contributed by atoms with van der Waals surface area (Å²) in [6, 6.07) is 6.31. The third kappa shape index (κ3) is 6.73. The highest BCUT2D eigenvalue weighted by molar-refractivity contribution is 6.32. The lowest BCUT2D eigenvalue weighted by atomic mass is 9.73. The average molecular weight is 787 g/mol. The first-order valence-electron chi connectivity index (χ1n) is 19.8. The second-order valence-corrected chi connectivity index (χ2v) is 16.6. The summed E-state index contributed by atoms with van der Waals surface area (Å²) in [5.74, 6) is -1.96. The highest BCUT2D eigenvalue weighted by atomic mass is 16.7. The molecule has 0 saturated carbocycles. The molecule has 0 bridgehead atoms. The monoisotopic (exact) mass is 786 g/mol. The minimum absolute atomic E-state index is 0.00453. The molecule has 2 aromatic rings. The van der Waals surface area contributed by atoms with Gasteiger partial charge in [0.1, 0.15) is 30.2 Å². The van der Waals surface area contributed by atoms with Crippen molar-refractivity contribution in [1.29, 1.82) is 0 Å². The van der Waals surface area contributed by atoms with Crippen molar-refractivity contribution in [1.82, 2.24) is 0 Å². The second kappa shape index (κ2) is 14.4. The van der Waals surface area contributed by atoms with Crippen molar-refractivity contribution in [2.45, 2.75) is 153 Å². The molecule has 5 heterocycles. The van der Waals surface area contributed by atoms with Crippen LogP contribution in [0.3, 0.4) is 0 Å². The van der Waals surface area contributed by atoms with Gasteiger partial charge in [0.05, 0.1) is 41.7 Å². The maximum Gasteiger partial charge on any atom is 0.198 e. The number of aromatic hydroxyl groups is 1. The quantitative estimate of drug-likeness (QED) is 0.381. The van der Waals surface area contributed by atoms with E-state index < -0.39 is 78.8 Å². The maximum absolute atomic E-state index is 14.2.